The van der Waals surface area contributed by atoms with Crippen LogP contribution in [0.5, 0.6) is 0 Å². The highest BCUT2D eigenvalue weighted by Gasteiger charge is 2.11. The van der Waals surface area contributed by atoms with Crippen LogP contribution in [0, 0.1) is 12.7 Å². The minimum Gasteiger partial charge on any atom is -0.324 e. The second-order valence-electron chi connectivity index (χ2n) is 4.53. The first-order chi connectivity index (χ1) is 8.66. The maximum absolute atomic E-state index is 13.7. The van der Waals surface area contributed by atoms with Crippen molar-refractivity contribution in [2.75, 3.05) is 0 Å². The number of nitrogens with zero attached hydrogens (tertiary/aromatic N) is 1. The molecule has 0 spiro atoms. The summed E-state index contributed by atoms with van der Waals surface area (Å²) >= 11 is 0. The molecule has 94 valence electrons. The first-order valence-corrected chi connectivity index (χ1v) is 6.07. The molecule has 0 fully saturated rings. The summed E-state index contributed by atoms with van der Waals surface area (Å²) in [7, 11) is 0. The average molecular weight is 244 g/mol. The van der Waals surface area contributed by atoms with Crippen LogP contribution in [0.15, 0.2) is 42.7 Å². The van der Waals surface area contributed by atoms with Crippen molar-refractivity contribution in [3.8, 4) is 0 Å². The van der Waals surface area contributed by atoms with Crippen molar-refractivity contribution in [2.45, 2.75) is 25.8 Å². The van der Waals surface area contributed by atoms with Crippen molar-refractivity contribution in [1.29, 1.82) is 0 Å². The summed E-state index contributed by atoms with van der Waals surface area (Å²) in [6, 6.07) is 8.69. The van der Waals surface area contributed by atoms with E-state index in [9.17, 15) is 4.39 Å². The zero-order valence-corrected chi connectivity index (χ0v) is 10.4. The molecule has 1 heterocycles. The van der Waals surface area contributed by atoms with E-state index in [1.54, 1.807) is 12.3 Å². The molecule has 3 heteroatoms. The maximum Gasteiger partial charge on any atom is 0.127 e. The van der Waals surface area contributed by atoms with E-state index >= 15 is 0 Å². The second-order valence-corrected chi connectivity index (χ2v) is 4.53. The van der Waals surface area contributed by atoms with Crippen molar-refractivity contribution in [2.24, 2.45) is 5.73 Å². The van der Waals surface area contributed by atoms with Crippen molar-refractivity contribution in [3.05, 3.63) is 65.2 Å². The zero-order valence-electron chi connectivity index (χ0n) is 10.4. The molecule has 0 aliphatic carbocycles. The molecule has 0 radical (unpaired) electrons. The lowest BCUT2D eigenvalue weighted by atomic mass is 9.98. The lowest BCUT2D eigenvalue weighted by Gasteiger charge is -2.13. The third kappa shape index (κ3) is 3.14. The molecular formula is C15H17FN2. The third-order valence-electron chi connectivity index (χ3n) is 3.02. The van der Waals surface area contributed by atoms with Crippen LogP contribution in [0.25, 0.3) is 0 Å². The van der Waals surface area contributed by atoms with Gasteiger partial charge in [0.25, 0.3) is 0 Å². The van der Waals surface area contributed by atoms with Crippen LogP contribution in [0.4, 0.5) is 4.39 Å². The molecule has 0 aliphatic heterocycles. The van der Waals surface area contributed by atoms with Crippen LogP contribution in [-0.4, -0.2) is 4.98 Å². The number of aromatic nitrogens is 1. The fourth-order valence-electron chi connectivity index (χ4n) is 1.97. The molecule has 0 amide bonds. The summed E-state index contributed by atoms with van der Waals surface area (Å²) in [6.07, 6.45) is 5.08. The van der Waals surface area contributed by atoms with E-state index in [-0.39, 0.29) is 11.9 Å². The first kappa shape index (κ1) is 12.7. The van der Waals surface area contributed by atoms with Gasteiger partial charge in [0.15, 0.2) is 0 Å². The van der Waals surface area contributed by atoms with Crippen LogP contribution in [0.2, 0.25) is 0 Å². The molecule has 18 heavy (non-hydrogen) atoms. The Labute approximate surface area is 107 Å². The average Bonchev–Trinajstić information content (AvgIpc) is 2.40. The van der Waals surface area contributed by atoms with Crippen molar-refractivity contribution < 1.29 is 4.39 Å². The van der Waals surface area contributed by atoms with Gasteiger partial charge in [-0.2, -0.15) is 0 Å². The molecular weight excluding hydrogens is 227 g/mol. The van der Waals surface area contributed by atoms with Gasteiger partial charge in [0.1, 0.15) is 5.82 Å². The summed E-state index contributed by atoms with van der Waals surface area (Å²) in [4.78, 5) is 4.05. The quantitative estimate of drug-likeness (QED) is 0.897. The predicted octanol–water partition coefficient (Wildman–Crippen LogP) is 3.16. The largest absolute Gasteiger partial charge is 0.324 e. The number of hydrogen-bond acceptors (Lipinski definition) is 2. The van der Waals surface area contributed by atoms with E-state index in [4.69, 9.17) is 5.73 Å². The minimum absolute atomic E-state index is 0.223. The number of rotatable bonds is 4. The lowest BCUT2D eigenvalue weighted by molar-refractivity contribution is 0.563. The van der Waals surface area contributed by atoms with Gasteiger partial charge in [-0.3, -0.25) is 4.98 Å². The number of pyridine rings is 1. The first-order valence-electron chi connectivity index (χ1n) is 6.07. The summed E-state index contributed by atoms with van der Waals surface area (Å²) in [6.45, 7) is 1.94. The van der Waals surface area contributed by atoms with Crippen molar-refractivity contribution in [3.63, 3.8) is 0 Å². The topological polar surface area (TPSA) is 38.9 Å². The molecule has 2 N–H and O–H groups in total. The Hall–Kier alpha value is -1.74. The standard InChI is InChI=1S/C15H17FN2/c1-11-4-6-14(16)13(9-11)15(17)7-5-12-3-2-8-18-10-12/h2-4,6,8-10,15H,5,7,17H2,1H3. The van der Waals surface area contributed by atoms with E-state index in [2.05, 4.69) is 4.98 Å². The summed E-state index contributed by atoms with van der Waals surface area (Å²) in [5.74, 6) is -0.223. The molecule has 1 aromatic heterocycles. The number of hydrogen-bond donors (Lipinski definition) is 1. The summed E-state index contributed by atoms with van der Waals surface area (Å²) < 4.78 is 13.7. The van der Waals surface area contributed by atoms with Gasteiger partial charge in [0.2, 0.25) is 0 Å². The molecule has 2 nitrogen and oxygen atoms in total. The molecule has 0 bridgehead atoms. The van der Waals surface area contributed by atoms with Gasteiger partial charge in [-0.1, -0.05) is 23.8 Å². The van der Waals surface area contributed by atoms with Crippen LogP contribution in [0.3, 0.4) is 0 Å². The molecule has 1 atom stereocenters. The van der Waals surface area contributed by atoms with Gasteiger partial charge in [-0.05, 0) is 37.5 Å². The van der Waals surface area contributed by atoms with Crippen LogP contribution >= 0.6 is 0 Å². The van der Waals surface area contributed by atoms with Crippen molar-refractivity contribution >= 4 is 0 Å². The number of aryl methyl sites for hydroxylation is 2. The highest BCUT2D eigenvalue weighted by molar-refractivity contribution is 5.26. The lowest BCUT2D eigenvalue weighted by Crippen LogP contribution is -2.13. The fraction of sp³-hybridized carbons (Fsp3) is 0.267. The Morgan fingerprint density at radius 1 is 1.33 bits per heavy atom. The highest BCUT2D eigenvalue weighted by Crippen LogP contribution is 2.20. The monoisotopic (exact) mass is 244 g/mol. The Bertz CT molecular complexity index is 511. The van der Waals surface area contributed by atoms with Gasteiger partial charge < -0.3 is 5.73 Å². The van der Waals surface area contributed by atoms with E-state index in [1.165, 1.54) is 6.07 Å². The minimum atomic E-state index is -0.273. The molecule has 1 aromatic carbocycles. The van der Waals surface area contributed by atoms with Crippen LogP contribution in [0.1, 0.15) is 29.2 Å². The zero-order chi connectivity index (χ0) is 13.0. The van der Waals surface area contributed by atoms with Gasteiger partial charge >= 0.3 is 0 Å². The molecule has 2 rings (SSSR count). The molecule has 1 unspecified atom stereocenters. The molecule has 2 aromatic rings. The second kappa shape index (κ2) is 5.74. The van der Waals surface area contributed by atoms with Gasteiger partial charge in [0.05, 0.1) is 0 Å². The summed E-state index contributed by atoms with van der Waals surface area (Å²) in [5, 5.41) is 0. The van der Waals surface area contributed by atoms with Gasteiger partial charge in [0, 0.05) is 24.0 Å². The number of halogens is 1. The van der Waals surface area contributed by atoms with Gasteiger partial charge in [-0.25, -0.2) is 4.39 Å². The van der Waals surface area contributed by atoms with Crippen LogP contribution in [-0.2, 0) is 6.42 Å². The third-order valence-corrected chi connectivity index (χ3v) is 3.02. The normalized spacial score (nSPS) is 12.4. The smallest absolute Gasteiger partial charge is 0.127 e. The Balaban J connectivity index is 2.03. The Morgan fingerprint density at radius 2 is 2.17 bits per heavy atom. The van der Waals surface area contributed by atoms with E-state index in [1.807, 2.05) is 31.3 Å². The fourth-order valence-corrected chi connectivity index (χ4v) is 1.97. The van der Waals surface area contributed by atoms with Gasteiger partial charge in [-0.15, -0.1) is 0 Å². The van der Waals surface area contributed by atoms with Crippen molar-refractivity contribution in [1.82, 2.24) is 4.98 Å². The molecule has 0 saturated carbocycles. The van der Waals surface area contributed by atoms with Crippen LogP contribution < -0.4 is 5.73 Å². The highest BCUT2D eigenvalue weighted by atomic mass is 19.1. The number of nitrogens with two attached hydrogens (primary N) is 1. The summed E-state index contributed by atoms with van der Waals surface area (Å²) in [5.41, 5.74) is 8.81. The maximum atomic E-state index is 13.7. The molecule has 0 saturated heterocycles. The number of benzene rings is 1. The predicted molar refractivity (Wildman–Crippen MR) is 70.6 cm³/mol. The van der Waals surface area contributed by atoms with E-state index in [0.29, 0.717) is 12.0 Å². The Morgan fingerprint density at radius 3 is 2.89 bits per heavy atom. The van der Waals surface area contributed by atoms with E-state index < -0.39 is 0 Å². The molecule has 0 aliphatic rings. The Kier molecular flexibility index (Phi) is 4.05. The van der Waals surface area contributed by atoms with E-state index in [0.717, 1.165) is 17.5 Å². The SMILES string of the molecule is Cc1ccc(F)c(C(N)CCc2cccnc2)c1.